The third kappa shape index (κ3) is 2.82. The summed E-state index contributed by atoms with van der Waals surface area (Å²) in [4.78, 5) is 18.1. The van der Waals surface area contributed by atoms with Crippen molar-refractivity contribution < 1.29 is 4.79 Å². The molecule has 1 aromatic heterocycles. The summed E-state index contributed by atoms with van der Waals surface area (Å²) in [6.45, 7) is 5.91. The number of carbonyl (C=O) groups excluding carboxylic acids is 1. The Labute approximate surface area is 142 Å². The molecule has 2 aliphatic rings. The molecule has 0 saturated carbocycles. The van der Waals surface area contributed by atoms with Gasteiger partial charge in [0.25, 0.3) is 0 Å². The van der Waals surface area contributed by atoms with E-state index < -0.39 is 0 Å². The minimum Gasteiger partial charge on any atom is -0.357 e. The zero-order chi connectivity index (χ0) is 16.7. The number of likely N-dealkylation sites (tertiary alicyclic amines) is 1. The molecular formula is C19H26N4O. The van der Waals surface area contributed by atoms with Crippen LogP contribution in [-0.2, 0) is 4.79 Å². The first-order valence-electron chi connectivity index (χ1n) is 8.98. The lowest BCUT2D eigenvalue weighted by atomic mass is 9.86. The number of aromatic nitrogens is 1. The summed E-state index contributed by atoms with van der Waals surface area (Å²) in [5.74, 6) is 1.12. The average Bonchev–Trinajstić information content (AvgIpc) is 3.16. The number of nitrogens with zero attached hydrogens (tertiary/aromatic N) is 1. The molecule has 1 aromatic carbocycles. The maximum atomic E-state index is 12.5. The first-order chi connectivity index (χ1) is 11.6. The lowest BCUT2D eigenvalue weighted by Crippen LogP contribution is -2.48. The van der Waals surface area contributed by atoms with Gasteiger partial charge in [-0.1, -0.05) is 32.0 Å². The molecule has 0 bridgehead atoms. The number of carbonyl (C=O) groups is 1. The number of rotatable bonds is 3. The van der Waals surface area contributed by atoms with E-state index in [1.807, 2.05) is 0 Å². The lowest BCUT2D eigenvalue weighted by Gasteiger charge is -2.36. The molecule has 2 saturated heterocycles. The Kier molecular flexibility index (Phi) is 4.06. The third-order valence-corrected chi connectivity index (χ3v) is 5.33. The fourth-order valence-corrected chi connectivity index (χ4v) is 4.08. The highest BCUT2D eigenvalue weighted by Gasteiger charge is 2.42. The van der Waals surface area contributed by atoms with Crippen LogP contribution in [0.3, 0.4) is 0 Å². The Morgan fingerprint density at radius 1 is 1.29 bits per heavy atom. The molecule has 2 aromatic rings. The van der Waals surface area contributed by atoms with Crippen molar-refractivity contribution in [2.45, 2.75) is 38.8 Å². The number of para-hydroxylation sites is 1. The largest absolute Gasteiger partial charge is 0.357 e. The Morgan fingerprint density at radius 3 is 2.92 bits per heavy atom. The first-order valence-corrected chi connectivity index (χ1v) is 8.98. The van der Waals surface area contributed by atoms with Crippen molar-refractivity contribution in [1.82, 2.24) is 20.7 Å². The van der Waals surface area contributed by atoms with E-state index in [0.29, 0.717) is 30.2 Å². The van der Waals surface area contributed by atoms with E-state index in [1.165, 1.54) is 16.6 Å². The van der Waals surface area contributed by atoms with E-state index in [4.69, 9.17) is 0 Å². The molecule has 3 heterocycles. The van der Waals surface area contributed by atoms with Crippen molar-refractivity contribution in [3.05, 3.63) is 36.0 Å². The van der Waals surface area contributed by atoms with E-state index in [2.05, 4.69) is 64.9 Å². The van der Waals surface area contributed by atoms with Crippen LogP contribution in [0.4, 0.5) is 0 Å². The van der Waals surface area contributed by atoms with Gasteiger partial charge in [0.1, 0.15) is 0 Å². The van der Waals surface area contributed by atoms with Crippen LogP contribution < -0.4 is 10.9 Å². The predicted octanol–water partition coefficient (Wildman–Crippen LogP) is 2.58. The van der Waals surface area contributed by atoms with Crippen LogP contribution in [0.25, 0.3) is 10.9 Å². The number of hydrogen-bond donors (Lipinski definition) is 3. The first kappa shape index (κ1) is 15.7. The Morgan fingerprint density at radius 2 is 2.12 bits per heavy atom. The highest BCUT2D eigenvalue weighted by molar-refractivity contribution is 5.80. The second-order valence-corrected chi connectivity index (χ2v) is 7.58. The lowest BCUT2D eigenvalue weighted by molar-refractivity contribution is -0.134. The summed E-state index contributed by atoms with van der Waals surface area (Å²) in [6.07, 6.45) is 1.66. The zero-order valence-electron chi connectivity index (χ0n) is 14.4. The van der Waals surface area contributed by atoms with Crippen molar-refractivity contribution in [3.8, 4) is 0 Å². The molecule has 3 unspecified atom stereocenters. The molecule has 3 atom stereocenters. The van der Waals surface area contributed by atoms with Gasteiger partial charge in [0.05, 0.1) is 6.04 Å². The SMILES string of the molecule is CC(C)CC(=O)N1CCC2NNC(c3cc4ccccc4[nH]3)C2C1. The van der Waals surface area contributed by atoms with Crippen LogP contribution in [0.2, 0.25) is 0 Å². The van der Waals surface area contributed by atoms with Gasteiger partial charge in [-0.3, -0.25) is 10.2 Å². The molecule has 128 valence electrons. The van der Waals surface area contributed by atoms with Gasteiger partial charge in [-0.2, -0.15) is 0 Å². The van der Waals surface area contributed by atoms with Gasteiger partial charge in [-0.25, -0.2) is 5.43 Å². The van der Waals surface area contributed by atoms with Gasteiger partial charge in [-0.15, -0.1) is 0 Å². The van der Waals surface area contributed by atoms with Gasteiger partial charge in [0, 0.05) is 42.7 Å². The number of hydrogen-bond acceptors (Lipinski definition) is 3. The maximum Gasteiger partial charge on any atom is 0.222 e. The summed E-state index contributed by atoms with van der Waals surface area (Å²) in [6, 6.07) is 11.2. The molecule has 0 spiro atoms. The number of hydrazine groups is 1. The van der Waals surface area contributed by atoms with Crippen LogP contribution in [0.5, 0.6) is 0 Å². The van der Waals surface area contributed by atoms with E-state index in [0.717, 1.165) is 19.5 Å². The fraction of sp³-hybridized carbons (Fsp3) is 0.526. The summed E-state index contributed by atoms with van der Waals surface area (Å²) in [5.41, 5.74) is 9.27. The number of aromatic amines is 1. The smallest absolute Gasteiger partial charge is 0.222 e. The highest BCUT2D eigenvalue weighted by atomic mass is 16.2. The molecule has 5 nitrogen and oxygen atoms in total. The minimum atomic E-state index is 0.219. The Hall–Kier alpha value is -1.85. The summed E-state index contributed by atoms with van der Waals surface area (Å²) < 4.78 is 0. The van der Waals surface area contributed by atoms with Crippen LogP contribution in [0.1, 0.15) is 38.4 Å². The van der Waals surface area contributed by atoms with Crippen molar-refractivity contribution in [2.24, 2.45) is 11.8 Å². The fourth-order valence-electron chi connectivity index (χ4n) is 4.08. The minimum absolute atomic E-state index is 0.219. The highest BCUT2D eigenvalue weighted by Crippen LogP contribution is 2.34. The summed E-state index contributed by atoms with van der Waals surface area (Å²) in [7, 11) is 0. The monoisotopic (exact) mass is 326 g/mol. The molecule has 2 fully saturated rings. The Balaban J connectivity index is 1.54. The van der Waals surface area contributed by atoms with Gasteiger partial charge in [0.2, 0.25) is 5.91 Å². The molecule has 2 aliphatic heterocycles. The van der Waals surface area contributed by atoms with Crippen molar-refractivity contribution in [2.75, 3.05) is 13.1 Å². The number of piperidine rings is 1. The van der Waals surface area contributed by atoms with Crippen molar-refractivity contribution >= 4 is 16.8 Å². The van der Waals surface area contributed by atoms with E-state index in [-0.39, 0.29) is 6.04 Å². The summed E-state index contributed by atoms with van der Waals surface area (Å²) >= 11 is 0. The van der Waals surface area contributed by atoms with Crippen LogP contribution in [-0.4, -0.2) is 34.9 Å². The summed E-state index contributed by atoms with van der Waals surface area (Å²) in [5, 5.41) is 1.24. The second kappa shape index (κ2) is 6.22. The zero-order valence-corrected chi connectivity index (χ0v) is 14.4. The molecule has 1 amide bonds. The van der Waals surface area contributed by atoms with E-state index in [9.17, 15) is 4.79 Å². The normalized spacial score (nSPS) is 27.0. The topological polar surface area (TPSA) is 60.2 Å². The van der Waals surface area contributed by atoms with Gasteiger partial charge >= 0.3 is 0 Å². The molecular weight excluding hydrogens is 300 g/mol. The number of benzene rings is 1. The van der Waals surface area contributed by atoms with Gasteiger partial charge in [-0.05, 0) is 29.9 Å². The van der Waals surface area contributed by atoms with Gasteiger partial charge < -0.3 is 9.88 Å². The quantitative estimate of drug-likeness (QED) is 0.812. The molecule has 3 N–H and O–H groups in total. The van der Waals surface area contributed by atoms with Crippen LogP contribution >= 0.6 is 0 Å². The number of amides is 1. The number of nitrogens with one attached hydrogen (secondary N) is 3. The molecule has 5 heteroatoms. The van der Waals surface area contributed by atoms with Gasteiger partial charge in [0.15, 0.2) is 0 Å². The maximum absolute atomic E-state index is 12.5. The predicted molar refractivity (Wildman–Crippen MR) is 95.2 cm³/mol. The van der Waals surface area contributed by atoms with E-state index >= 15 is 0 Å². The third-order valence-electron chi connectivity index (χ3n) is 5.33. The van der Waals surface area contributed by atoms with Crippen molar-refractivity contribution in [1.29, 1.82) is 0 Å². The van der Waals surface area contributed by atoms with E-state index in [1.54, 1.807) is 0 Å². The molecule has 4 rings (SSSR count). The second-order valence-electron chi connectivity index (χ2n) is 7.58. The Bertz CT molecular complexity index is 705. The molecule has 24 heavy (non-hydrogen) atoms. The molecule has 0 aliphatic carbocycles. The van der Waals surface area contributed by atoms with Crippen LogP contribution in [0, 0.1) is 11.8 Å². The van der Waals surface area contributed by atoms with Crippen LogP contribution in [0.15, 0.2) is 30.3 Å². The number of fused-ring (bicyclic) bond motifs is 2. The number of H-pyrrole nitrogens is 1. The standard InChI is InChI=1S/C19H26N4O/c1-12(2)9-18(24)23-8-7-16-14(11-23)19(22-21-16)17-10-13-5-3-4-6-15(13)20-17/h3-6,10,12,14,16,19-22H,7-9,11H2,1-2H3. The average molecular weight is 326 g/mol. The van der Waals surface area contributed by atoms with Crippen molar-refractivity contribution in [3.63, 3.8) is 0 Å². The molecule has 0 radical (unpaired) electrons.